The van der Waals surface area contributed by atoms with Gasteiger partial charge >= 0.3 is 5.97 Å². The number of rotatable bonds is 5. The predicted molar refractivity (Wildman–Crippen MR) is 92.6 cm³/mol. The van der Waals surface area contributed by atoms with E-state index in [0.717, 1.165) is 12.1 Å². The van der Waals surface area contributed by atoms with E-state index in [1.807, 2.05) is 0 Å². The Kier molecular flexibility index (Phi) is 5.72. The van der Waals surface area contributed by atoms with Crippen LogP contribution in [0, 0.1) is 21.4 Å². The SMILES string of the molecule is N#Cc1cc([N+](=O)[O-])ccc1NC(=O)COC(=O)c1ccc(Cl)c(N)c1. The summed E-state index contributed by atoms with van der Waals surface area (Å²) in [7, 11) is 0. The molecule has 0 saturated carbocycles. The van der Waals surface area contributed by atoms with Crippen LogP contribution in [-0.2, 0) is 9.53 Å². The van der Waals surface area contributed by atoms with Crippen LogP contribution < -0.4 is 11.1 Å². The number of benzene rings is 2. The summed E-state index contributed by atoms with van der Waals surface area (Å²) in [6.07, 6.45) is 0. The number of nitro groups is 1. The van der Waals surface area contributed by atoms with Crippen LogP contribution in [0.25, 0.3) is 0 Å². The number of nitrogens with zero attached hydrogens (tertiary/aromatic N) is 2. The van der Waals surface area contributed by atoms with Crippen LogP contribution in [0.2, 0.25) is 5.02 Å². The van der Waals surface area contributed by atoms with Crippen molar-refractivity contribution in [1.82, 2.24) is 0 Å². The molecule has 1 amide bonds. The van der Waals surface area contributed by atoms with Crippen molar-refractivity contribution in [2.45, 2.75) is 0 Å². The summed E-state index contributed by atoms with van der Waals surface area (Å²) in [5, 5.41) is 22.3. The molecule has 0 aliphatic rings. The number of carbonyl (C=O) groups excluding carboxylic acids is 2. The quantitative estimate of drug-likeness (QED) is 0.353. The van der Waals surface area contributed by atoms with E-state index in [1.165, 1.54) is 24.3 Å². The Bertz CT molecular complexity index is 939. The number of halogens is 1. The number of non-ortho nitro benzene ring substituents is 1. The van der Waals surface area contributed by atoms with E-state index >= 15 is 0 Å². The van der Waals surface area contributed by atoms with Crippen LogP contribution in [0.15, 0.2) is 36.4 Å². The predicted octanol–water partition coefficient (Wildman–Crippen LogP) is 2.50. The number of nitrogens with one attached hydrogen (secondary N) is 1. The van der Waals surface area contributed by atoms with Crippen molar-refractivity contribution in [3.05, 3.63) is 62.7 Å². The third-order valence-electron chi connectivity index (χ3n) is 3.17. The molecule has 9 nitrogen and oxygen atoms in total. The summed E-state index contributed by atoms with van der Waals surface area (Å²) in [6.45, 7) is -0.622. The molecule has 0 aliphatic carbocycles. The first kappa shape index (κ1) is 18.7. The number of ether oxygens (including phenoxy) is 1. The first-order valence-corrected chi connectivity index (χ1v) is 7.40. The molecule has 0 atom stereocenters. The molecule has 0 saturated heterocycles. The number of nitrogen functional groups attached to an aromatic ring is 1. The molecular weight excluding hydrogens is 364 g/mol. The van der Waals surface area contributed by atoms with Gasteiger partial charge in [-0.25, -0.2) is 4.79 Å². The molecule has 10 heteroatoms. The number of hydrogen-bond acceptors (Lipinski definition) is 7. The van der Waals surface area contributed by atoms with Crippen molar-refractivity contribution in [3.63, 3.8) is 0 Å². The van der Waals surface area contributed by atoms with Gasteiger partial charge in [-0.2, -0.15) is 5.26 Å². The summed E-state index contributed by atoms with van der Waals surface area (Å²) in [4.78, 5) is 33.8. The van der Waals surface area contributed by atoms with Gasteiger partial charge < -0.3 is 15.8 Å². The molecule has 2 rings (SSSR count). The smallest absolute Gasteiger partial charge is 0.338 e. The normalized spacial score (nSPS) is 9.85. The highest BCUT2D eigenvalue weighted by Crippen LogP contribution is 2.22. The maximum Gasteiger partial charge on any atom is 0.338 e. The third kappa shape index (κ3) is 4.46. The average Bonchev–Trinajstić information content (AvgIpc) is 2.62. The van der Waals surface area contributed by atoms with Crippen molar-refractivity contribution >= 4 is 40.5 Å². The molecule has 0 aliphatic heterocycles. The Hall–Kier alpha value is -3.64. The molecular formula is C16H11ClN4O5. The first-order valence-electron chi connectivity index (χ1n) is 7.02. The zero-order chi connectivity index (χ0) is 19.3. The zero-order valence-corrected chi connectivity index (χ0v) is 13.8. The topological polar surface area (TPSA) is 148 Å². The Labute approximate surface area is 152 Å². The van der Waals surface area contributed by atoms with E-state index in [4.69, 9.17) is 27.3 Å². The molecule has 132 valence electrons. The lowest BCUT2D eigenvalue weighted by Crippen LogP contribution is -2.21. The van der Waals surface area contributed by atoms with E-state index in [2.05, 4.69) is 5.32 Å². The fourth-order valence-electron chi connectivity index (χ4n) is 1.92. The lowest BCUT2D eigenvalue weighted by atomic mass is 10.1. The number of hydrogen-bond donors (Lipinski definition) is 2. The van der Waals surface area contributed by atoms with Gasteiger partial charge in [0.25, 0.3) is 11.6 Å². The number of nitrogens with two attached hydrogens (primary N) is 1. The second-order valence-electron chi connectivity index (χ2n) is 4.96. The third-order valence-corrected chi connectivity index (χ3v) is 3.52. The van der Waals surface area contributed by atoms with Crippen LogP contribution in [0.1, 0.15) is 15.9 Å². The lowest BCUT2D eigenvalue weighted by molar-refractivity contribution is -0.384. The minimum atomic E-state index is -0.785. The molecule has 3 N–H and O–H groups in total. The monoisotopic (exact) mass is 374 g/mol. The van der Waals surface area contributed by atoms with Crippen molar-refractivity contribution < 1.29 is 19.2 Å². The highest BCUT2D eigenvalue weighted by atomic mass is 35.5. The fraction of sp³-hybridized carbons (Fsp3) is 0.0625. The van der Waals surface area contributed by atoms with Crippen LogP contribution in [-0.4, -0.2) is 23.4 Å². The summed E-state index contributed by atoms with van der Waals surface area (Å²) < 4.78 is 4.85. The molecule has 26 heavy (non-hydrogen) atoms. The Morgan fingerprint density at radius 2 is 2.04 bits per heavy atom. The zero-order valence-electron chi connectivity index (χ0n) is 13.1. The number of nitriles is 1. The van der Waals surface area contributed by atoms with Gasteiger partial charge in [0.2, 0.25) is 0 Å². The molecule has 0 spiro atoms. The molecule has 2 aromatic carbocycles. The summed E-state index contributed by atoms with van der Waals surface area (Å²) in [5.74, 6) is -1.50. The van der Waals surface area contributed by atoms with Gasteiger partial charge in [-0.05, 0) is 24.3 Å². The van der Waals surface area contributed by atoms with Crippen LogP contribution in [0.5, 0.6) is 0 Å². The molecule has 0 fully saturated rings. The molecule has 0 bridgehead atoms. The highest BCUT2D eigenvalue weighted by Gasteiger charge is 2.15. The molecule has 0 aromatic heterocycles. The van der Waals surface area contributed by atoms with E-state index in [1.54, 1.807) is 6.07 Å². The second kappa shape index (κ2) is 7.96. The standard InChI is InChI=1S/C16H11ClN4O5/c17-12-3-1-9(6-13(12)19)16(23)26-8-15(22)20-14-4-2-11(21(24)25)5-10(14)7-18/h1-6H,8,19H2,(H,20,22). The van der Waals surface area contributed by atoms with Crippen molar-refractivity contribution in [1.29, 1.82) is 5.26 Å². The van der Waals surface area contributed by atoms with Gasteiger partial charge in [-0.3, -0.25) is 14.9 Å². The molecule has 0 radical (unpaired) electrons. The molecule has 0 heterocycles. The summed E-state index contributed by atoms with van der Waals surface area (Å²) >= 11 is 5.75. The Morgan fingerprint density at radius 1 is 1.31 bits per heavy atom. The van der Waals surface area contributed by atoms with Gasteiger partial charge in [0.05, 0.1) is 32.4 Å². The summed E-state index contributed by atoms with van der Waals surface area (Å²) in [6, 6.07) is 9.25. The highest BCUT2D eigenvalue weighted by molar-refractivity contribution is 6.33. The minimum Gasteiger partial charge on any atom is -0.452 e. The minimum absolute atomic E-state index is 0.0647. The largest absolute Gasteiger partial charge is 0.452 e. The Morgan fingerprint density at radius 3 is 2.65 bits per heavy atom. The first-order chi connectivity index (χ1) is 12.3. The van der Waals surface area contributed by atoms with Crippen molar-refractivity contribution in [3.8, 4) is 6.07 Å². The van der Waals surface area contributed by atoms with Gasteiger partial charge in [0.1, 0.15) is 6.07 Å². The lowest BCUT2D eigenvalue weighted by Gasteiger charge is -2.08. The second-order valence-corrected chi connectivity index (χ2v) is 5.37. The average molecular weight is 375 g/mol. The molecule has 0 unspecified atom stereocenters. The van der Waals surface area contributed by atoms with E-state index in [9.17, 15) is 19.7 Å². The van der Waals surface area contributed by atoms with Gasteiger partial charge in [0.15, 0.2) is 6.61 Å². The van der Waals surface area contributed by atoms with E-state index < -0.39 is 23.4 Å². The van der Waals surface area contributed by atoms with Gasteiger partial charge in [-0.15, -0.1) is 0 Å². The number of esters is 1. The fourth-order valence-corrected chi connectivity index (χ4v) is 2.04. The van der Waals surface area contributed by atoms with Crippen LogP contribution in [0.4, 0.5) is 17.1 Å². The number of anilines is 2. The van der Waals surface area contributed by atoms with Crippen LogP contribution >= 0.6 is 11.6 Å². The number of carbonyl (C=O) groups is 2. The number of amides is 1. The Balaban J connectivity index is 2.00. The van der Waals surface area contributed by atoms with Crippen molar-refractivity contribution in [2.75, 3.05) is 17.7 Å². The molecule has 2 aromatic rings. The van der Waals surface area contributed by atoms with Crippen molar-refractivity contribution in [2.24, 2.45) is 0 Å². The summed E-state index contributed by atoms with van der Waals surface area (Å²) in [5.41, 5.74) is 5.58. The van der Waals surface area contributed by atoms with Gasteiger partial charge in [-0.1, -0.05) is 11.6 Å². The van der Waals surface area contributed by atoms with E-state index in [0.29, 0.717) is 0 Å². The van der Waals surface area contributed by atoms with Crippen LogP contribution in [0.3, 0.4) is 0 Å². The number of nitro benzene ring substituents is 1. The maximum absolute atomic E-state index is 11.9. The maximum atomic E-state index is 11.9. The van der Waals surface area contributed by atoms with E-state index in [-0.39, 0.29) is 33.2 Å². The van der Waals surface area contributed by atoms with Gasteiger partial charge in [0, 0.05) is 12.1 Å².